The van der Waals surface area contributed by atoms with Crippen LogP contribution in [0.3, 0.4) is 0 Å². The Balaban J connectivity index is 3.89. The number of carbonyl (C=O) groups is 1. The molecular formula is C10H22N2O. The second-order valence-corrected chi connectivity index (χ2v) is 4.81. The summed E-state index contributed by atoms with van der Waals surface area (Å²) in [7, 11) is 1.95. The first kappa shape index (κ1) is 12.4. The van der Waals surface area contributed by atoms with Crippen molar-refractivity contribution in [2.75, 3.05) is 13.6 Å². The van der Waals surface area contributed by atoms with Crippen LogP contribution < -0.4 is 5.32 Å². The van der Waals surface area contributed by atoms with Gasteiger partial charge in [-0.2, -0.15) is 0 Å². The second-order valence-electron chi connectivity index (χ2n) is 4.81. The zero-order chi connectivity index (χ0) is 10.6. The van der Waals surface area contributed by atoms with Gasteiger partial charge in [-0.1, -0.05) is 0 Å². The highest BCUT2D eigenvalue weighted by atomic mass is 16.2. The van der Waals surface area contributed by atoms with Gasteiger partial charge in [-0.15, -0.1) is 0 Å². The van der Waals surface area contributed by atoms with E-state index < -0.39 is 0 Å². The van der Waals surface area contributed by atoms with Crippen LogP contribution in [-0.2, 0) is 4.79 Å². The number of nitrogens with zero attached hydrogens (tertiary/aromatic N) is 1. The molecule has 1 amide bonds. The maximum Gasteiger partial charge on any atom is 0.234 e. The van der Waals surface area contributed by atoms with E-state index in [4.69, 9.17) is 0 Å². The average Bonchev–Trinajstić information content (AvgIpc) is 1.81. The van der Waals surface area contributed by atoms with Gasteiger partial charge in [-0.25, -0.2) is 0 Å². The number of amides is 1. The summed E-state index contributed by atoms with van der Waals surface area (Å²) >= 11 is 0. The van der Waals surface area contributed by atoms with Gasteiger partial charge >= 0.3 is 0 Å². The van der Waals surface area contributed by atoms with Gasteiger partial charge in [0.1, 0.15) is 0 Å². The molecule has 0 spiro atoms. The summed E-state index contributed by atoms with van der Waals surface area (Å²) in [5.74, 6) is 0.0868. The molecule has 0 aromatic heterocycles. The van der Waals surface area contributed by atoms with E-state index in [1.165, 1.54) is 0 Å². The molecule has 0 atom stereocenters. The van der Waals surface area contributed by atoms with Crippen molar-refractivity contribution in [3.63, 3.8) is 0 Å². The Bertz CT molecular complexity index is 170. The topological polar surface area (TPSA) is 32.3 Å². The molecule has 0 saturated carbocycles. The van der Waals surface area contributed by atoms with Crippen LogP contribution >= 0.6 is 0 Å². The summed E-state index contributed by atoms with van der Waals surface area (Å²) in [5.41, 5.74) is -0.130. The van der Waals surface area contributed by atoms with Crippen LogP contribution in [0.2, 0.25) is 0 Å². The molecule has 0 aromatic carbocycles. The van der Waals surface area contributed by atoms with Crippen molar-refractivity contribution in [2.24, 2.45) is 0 Å². The highest BCUT2D eigenvalue weighted by Crippen LogP contribution is 1.99. The second kappa shape index (κ2) is 4.61. The zero-order valence-corrected chi connectivity index (χ0v) is 9.64. The van der Waals surface area contributed by atoms with Gasteiger partial charge < -0.3 is 5.32 Å². The third-order valence-electron chi connectivity index (χ3n) is 1.79. The Hall–Kier alpha value is -0.570. The largest absolute Gasteiger partial charge is 0.350 e. The van der Waals surface area contributed by atoms with Gasteiger partial charge in [0.05, 0.1) is 6.54 Å². The first-order valence-electron chi connectivity index (χ1n) is 4.73. The summed E-state index contributed by atoms with van der Waals surface area (Å²) in [4.78, 5) is 13.4. The average molecular weight is 186 g/mol. The van der Waals surface area contributed by atoms with E-state index in [-0.39, 0.29) is 11.4 Å². The van der Waals surface area contributed by atoms with E-state index in [0.29, 0.717) is 12.6 Å². The molecule has 3 heteroatoms. The first-order valence-corrected chi connectivity index (χ1v) is 4.73. The molecule has 0 aliphatic heterocycles. The van der Waals surface area contributed by atoms with Gasteiger partial charge in [0.25, 0.3) is 0 Å². The van der Waals surface area contributed by atoms with Crippen molar-refractivity contribution < 1.29 is 4.79 Å². The number of nitrogens with one attached hydrogen (secondary N) is 1. The highest BCUT2D eigenvalue weighted by Gasteiger charge is 2.15. The lowest BCUT2D eigenvalue weighted by molar-refractivity contribution is -0.123. The molecule has 0 unspecified atom stereocenters. The van der Waals surface area contributed by atoms with Gasteiger partial charge in [-0.3, -0.25) is 9.69 Å². The van der Waals surface area contributed by atoms with Crippen LogP contribution in [-0.4, -0.2) is 36.0 Å². The number of hydrogen-bond donors (Lipinski definition) is 1. The van der Waals surface area contributed by atoms with Crippen molar-refractivity contribution in [3.8, 4) is 0 Å². The Labute approximate surface area is 81.5 Å². The number of likely N-dealkylation sites (N-methyl/N-ethyl adjacent to an activating group) is 1. The highest BCUT2D eigenvalue weighted by molar-refractivity contribution is 5.78. The van der Waals surface area contributed by atoms with Crippen molar-refractivity contribution in [1.29, 1.82) is 0 Å². The minimum atomic E-state index is -0.130. The molecule has 0 fully saturated rings. The molecule has 0 bridgehead atoms. The van der Waals surface area contributed by atoms with E-state index in [1.54, 1.807) is 0 Å². The van der Waals surface area contributed by atoms with Gasteiger partial charge in [-0.05, 0) is 41.7 Å². The van der Waals surface area contributed by atoms with Crippen molar-refractivity contribution in [1.82, 2.24) is 10.2 Å². The lowest BCUT2D eigenvalue weighted by atomic mass is 10.1. The summed E-state index contributed by atoms with van der Waals surface area (Å²) in [5, 5.41) is 2.92. The fraction of sp³-hybridized carbons (Fsp3) is 0.900. The van der Waals surface area contributed by atoms with Crippen molar-refractivity contribution in [3.05, 3.63) is 0 Å². The molecule has 78 valence electrons. The lowest BCUT2D eigenvalue weighted by Gasteiger charge is -2.25. The summed E-state index contributed by atoms with van der Waals surface area (Å²) in [6, 6.07) is 0.408. The number of hydrogen-bond acceptors (Lipinski definition) is 2. The molecule has 13 heavy (non-hydrogen) atoms. The maximum absolute atomic E-state index is 11.4. The normalized spacial score (nSPS) is 12.3. The summed E-state index contributed by atoms with van der Waals surface area (Å²) < 4.78 is 0. The fourth-order valence-electron chi connectivity index (χ4n) is 0.867. The first-order chi connectivity index (χ1) is 5.72. The van der Waals surface area contributed by atoms with E-state index >= 15 is 0 Å². The third kappa shape index (κ3) is 6.58. The van der Waals surface area contributed by atoms with E-state index in [2.05, 4.69) is 19.2 Å². The monoisotopic (exact) mass is 186 g/mol. The minimum absolute atomic E-state index is 0.0868. The zero-order valence-electron chi connectivity index (χ0n) is 9.64. The molecule has 0 radical (unpaired) electrons. The predicted octanol–water partition coefficient (Wildman–Crippen LogP) is 1.24. The minimum Gasteiger partial charge on any atom is -0.350 e. The number of carbonyl (C=O) groups excluding carboxylic acids is 1. The predicted molar refractivity (Wildman–Crippen MR) is 55.7 cm³/mol. The Morgan fingerprint density at radius 1 is 1.38 bits per heavy atom. The smallest absolute Gasteiger partial charge is 0.234 e. The molecule has 0 aliphatic rings. The van der Waals surface area contributed by atoms with Crippen LogP contribution in [0.1, 0.15) is 34.6 Å². The molecule has 3 nitrogen and oxygen atoms in total. The Morgan fingerprint density at radius 3 is 2.15 bits per heavy atom. The molecule has 0 rings (SSSR count). The van der Waals surface area contributed by atoms with Crippen LogP contribution in [0.15, 0.2) is 0 Å². The molecular weight excluding hydrogens is 164 g/mol. The van der Waals surface area contributed by atoms with E-state index in [9.17, 15) is 4.79 Å². The van der Waals surface area contributed by atoms with Gasteiger partial charge in [0.2, 0.25) is 5.91 Å². The number of rotatable bonds is 3. The maximum atomic E-state index is 11.4. The summed E-state index contributed by atoms with van der Waals surface area (Å²) in [6.45, 7) is 10.6. The quantitative estimate of drug-likeness (QED) is 0.719. The Morgan fingerprint density at radius 2 is 1.85 bits per heavy atom. The molecule has 0 aliphatic carbocycles. The van der Waals surface area contributed by atoms with Gasteiger partial charge in [0, 0.05) is 11.6 Å². The lowest BCUT2D eigenvalue weighted by Crippen LogP contribution is -2.46. The van der Waals surface area contributed by atoms with E-state index in [0.717, 1.165) is 0 Å². The molecule has 0 heterocycles. The van der Waals surface area contributed by atoms with Crippen molar-refractivity contribution in [2.45, 2.75) is 46.2 Å². The molecule has 1 N–H and O–H groups in total. The standard InChI is InChI=1S/C10H22N2O/c1-8(2)12(6)7-9(13)11-10(3,4)5/h8H,7H2,1-6H3,(H,11,13). The SMILES string of the molecule is CC(C)N(C)CC(=O)NC(C)(C)C. The van der Waals surface area contributed by atoms with Crippen LogP contribution in [0, 0.1) is 0 Å². The van der Waals surface area contributed by atoms with Crippen LogP contribution in [0.25, 0.3) is 0 Å². The van der Waals surface area contributed by atoms with Gasteiger partial charge in [0.15, 0.2) is 0 Å². The third-order valence-corrected chi connectivity index (χ3v) is 1.79. The van der Waals surface area contributed by atoms with E-state index in [1.807, 2.05) is 32.7 Å². The molecule has 0 saturated heterocycles. The fourth-order valence-corrected chi connectivity index (χ4v) is 0.867. The van der Waals surface area contributed by atoms with Crippen LogP contribution in [0.5, 0.6) is 0 Å². The van der Waals surface area contributed by atoms with Crippen LogP contribution in [0.4, 0.5) is 0 Å². The summed E-state index contributed by atoms with van der Waals surface area (Å²) in [6.07, 6.45) is 0. The van der Waals surface area contributed by atoms with Crippen molar-refractivity contribution >= 4 is 5.91 Å². The molecule has 0 aromatic rings. The Kier molecular flexibility index (Phi) is 4.40.